The Balaban J connectivity index is 2.00. The first-order valence-corrected chi connectivity index (χ1v) is 6.69. The third kappa shape index (κ3) is 3.24. The summed E-state index contributed by atoms with van der Waals surface area (Å²) in [4.78, 5) is 4.27. The smallest absolute Gasteiger partial charge is 0.119 e. The van der Waals surface area contributed by atoms with Crippen molar-refractivity contribution >= 4 is 17.4 Å². The summed E-state index contributed by atoms with van der Waals surface area (Å²) < 4.78 is 0. The maximum absolute atomic E-state index is 5.85. The summed E-state index contributed by atoms with van der Waals surface area (Å²) in [5.41, 5.74) is 9.27. The van der Waals surface area contributed by atoms with Gasteiger partial charge in [0.2, 0.25) is 0 Å². The second-order valence-electron chi connectivity index (χ2n) is 3.86. The Morgan fingerprint density at radius 3 is 2.47 bits per heavy atom. The van der Waals surface area contributed by atoms with Crippen LogP contribution in [0.2, 0.25) is 0 Å². The number of anilines is 1. The number of thioether (sulfide) groups is 1. The number of pyridine rings is 1. The first-order chi connectivity index (χ1) is 8.29. The minimum Gasteiger partial charge on any atom is -0.397 e. The number of benzene rings is 1. The van der Waals surface area contributed by atoms with Crippen LogP contribution in [0.3, 0.4) is 0 Å². The minimum atomic E-state index is 0.752. The summed E-state index contributed by atoms with van der Waals surface area (Å²) in [6.07, 6.45) is 2.86. The van der Waals surface area contributed by atoms with Crippen molar-refractivity contribution in [2.45, 2.75) is 24.1 Å². The van der Waals surface area contributed by atoms with Crippen LogP contribution >= 0.6 is 11.8 Å². The molecule has 0 atom stereocenters. The van der Waals surface area contributed by atoms with Gasteiger partial charge in [0, 0.05) is 11.9 Å². The number of aromatic nitrogens is 1. The number of hydrogen-bond donors (Lipinski definition) is 1. The minimum absolute atomic E-state index is 0.752. The van der Waals surface area contributed by atoms with E-state index in [2.05, 4.69) is 36.2 Å². The van der Waals surface area contributed by atoms with E-state index in [4.69, 9.17) is 5.73 Å². The third-order valence-electron chi connectivity index (χ3n) is 2.61. The van der Waals surface area contributed by atoms with E-state index in [0.29, 0.717) is 0 Å². The molecular weight excluding hydrogens is 228 g/mol. The predicted molar refractivity (Wildman–Crippen MR) is 74.0 cm³/mol. The normalized spacial score (nSPS) is 10.4. The first kappa shape index (κ1) is 12.0. The van der Waals surface area contributed by atoms with E-state index in [1.165, 1.54) is 11.1 Å². The van der Waals surface area contributed by atoms with Gasteiger partial charge in [-0.1, -0.05) is 43.0 Å². The van der Waals surface area contributed by atoms with Crippen molar-refractivity contribution in [3.63, 3.8) is 0 Å². The lowest BCUT2D eigenvalue weighted by atomic mass is 10.1. The Labute approximate surface area is 106 Å². The Kier molecular flexibility index (Phi) is 4.04. The third-order valence-corrected chi connectivity index (χ3v) is 3.70. The molecule has 0 aliphatic heterocycles. The molecule has 3 heteroatoms. The molecule has 17 heavy (non-hydrogen) atoms. The van der Waals surface area contributed by atoms with Gasteiger partial charge in [0.05, 0.1) is 5.69 Å². The lowest BCUT2D eigenvalue weighted by molar-refractivity contribution is 1.13. The molecule has 0 unspecified atom stereocenters. The van der Waals surface area contributed by atoms with E-state index in [9.17, 15) is 0 Å². The van der Waals surface area contributed by atoms with Crippen LogP contribution < -0.4 is 5.73 Å². The average molecular weight is 244 g/mol. The maximum Gasteiger partial charge on any atom is 0.119 e. The largest absolute Gasteiger partial charge is 0.397 e. The van der Waals surface area contributed by atoms with Crippen molar-refractivity contribution in [2.24, 2.45) is 0 Å². The van der Waals surface area contributed by atoms with Gasteiger partial charge < -0.3 is 5.73 Å². The van der Waals surface area contributed by atoms with Crippen LogP contribution in [0.4, 0.5) is 5.69 Å². The summed E-state index contributed by atoms with van der Waals surface area (Å²) in [5, 5.41) is 0.909. The van der Waals surface area contributed by atoms with Crippen molar-refractivity contribution in [3.05, 3.63) is 53.7 Å². The molecule has 1 aromatic carbocycles. The van der Waals surface area contributed by atoms with Gasteiger partial charge in [-0.3, -0.25) is 0 Å². The summed E-state index contributed by atoms with van der Waals surface area (Å²) in [6, 6.07) is 12.4. The highest BCUT2D eigenvalue weighted by Gasteiger charge is 2.01. The van der Waals surface area contributed by atoms with E-state index < -0.39 is 0 Å². The molecule has 0 aliphatic rings. The highest BCUT2D eigenvalue weighted by atomic mass is 32.2. The molecule has 2 rings (SSSR count). The highest BCUT2D eigenvalue weighted by Crippen LogP contribution is 2.25. The van der Waals surface area contributed by atoms with Gasteiger partial charge in [-0.05, 0) is 29.7 Å². The van der Waals surface area contributed by atoms with Gasteiger partial charge in [-0.25, -0.2) is 4.98 Å². The summed E-state index contributed by atoms with van der Waals surface area (Å²) in [7, 11) is 0. The zero-order chi connectivity index (χ0) is 12.1. The molecule has 0 amide bonds. The van der Waals surface area contributed by atoms with Gasteiger partial charge in [-0.15, -0.1) is 0 Å². The highest BCUT2D eigenvalue weighted by molar-refractivity contribution is 7.98. The SMILES string of the molecule is CCc1ccc(CSc2ncccc2N)cc1. The average Bonchev–Trinajstić information content (AvgIpc) is 2.38. The number of hydrogen-bond acceptors (Lipinski definition) is 3. The Morgan fingerprint density at radius 1 is 1.12 bits per heavy atom. The molecule has 2 aromatic rings. The number of nitrogens with two attached hydrogens (primary N) is 1. The molecule has 0 saturated heterocycles. The Hall–Kier alpha value is -1.48. The molecule has 0 radical (unpaired) electrons. The molecule has 0 aliphatic carbocycles. The standard InChI is InChI=1S/C14H16N2S/c1-2-11-5-7-12(8-6-11)10-17-14-13(15)4-3-9-16-14/h3-9H,2,10,15H2,1H3. The number of nitrogen functional groups attached to an aromatic ring is 1. The lowest BCUT2D eigenvalue weighted by Crippen LogP contribution is -1.91. The van der Waals surface area contributed by atoms with E-state index in [1.54, 1.807) is 18.0 Å². The van der Waals surface area contributed by atoms with Crippen LogP contribution in [0.1, 0.15) is 18.1 Å². The van der Waals surface area contributed by atoms with Crippen LogP contribution in [0.25, 0.3) is 0 Å². The first-order valence-electron chi connectivity index (χ1n) is 5.70. The molecule has 0 bridgehead atoms. The van der Waals surface area contributed by atoms with Crippen LogP contribution in [0, 0.1) is 0 Å². The quantitative estimate of drug-likeness (QED) is 0.836. The predicted octanol–water partition coefficient (Wildman–Crippen LogP) is 3.52. The van der Waals surface area contributed by atoms with Gasteiger partial charge in [0.15, 0.2) is 0 Å². The van der Waals surface area contributed by atoms with Gasteiger partial charge in [0.25, 0.3) is 0 Å². The maximum atomic E-state index is 5.85. The molecule has 2 nitrogen and oxygen atoms in total. The van der Waals surface area contributed by atoms with Gasteiger partial charge >= 0.3 is 0 Å². The Bertz CT molecular complexity index is 480. The van der Waals surface area contributed by atoms with E-state index in [-0.39, 0.29) is 0 Å². The van der Waals surface area contributed by atoms with Gasteiger partial charge in [0.1, 0.15) is 5.03 Å². The number of rotatable bonds is 4. The fourth-order valence-electron chi connectivity index (χ4n) is 1.55. The molecule has 2 N–H and O–H groups in total. The number of nitrogens with zero attached hydrogens (tertiary/aromatic N) is 1. The van der Waals surface area contributed by atoms with Crippen molar-refractivity contribution in [1.82, 2.24) is 4.98 Å². The fourth-order valence-corrected chi connectivity index (χ4v) is 2.41. The molecule has 1 heterocycles. The zero-order valence-electron chi connectivity index (χ0n) is 9.89. The molecular formula is C14H16N2S. The Morgan fingerprint density at radius 2 is 1.82 bits per heavy atom. The van der Waals surface area contributed by atoms with Crippen LogP contribution in [-0.4, -0.2) is 4.98 Å². The number of aryl methyl sites for hydroxylation is 1. The zero-order valence-corrected chi connectivity index (χ0v) is 10.7. The second-order valence-corrected chi connectivity index (χ2v) is 4.82. The summed E-state index contributed by atoms with van der Waals surface area (Å²) >= 11 is 1.68. The molecule has 0 spiro atoms. The van der Waals surface area contributed by atoms with Crippen LogP contribution in [0.15, 0.2) is 47.6 Å². The van der Waals surface area contributed by atoms with Crippen molar-refractivity contribution in [2.75, 3.05) is 5.73 Å². The van der Waals surface area contributed by atoms with Gasteiger partial charge in [-0.2, -0.15) is 0 Å². The van der Waals surface area contributed by atoms with Crippen molar-refractivity contribution < 1.29 is 0 Å². The topological polar surface area (TPSA) is 38.9 Å². The van der Waals surface area contributed by atoms with E-state index in [0.717, 1.165) is 22.9 Å². The molecule has 1 aromatic heterocycles. The second kappa shape index (κ2) is 5.73. The fraction of sp³-hybridized carbons (Fsp3) is 0.214. The van der Waals surface area contributed by atoms with E-state index in [1.807, 2.05) is 12.1 Å². The summed E-state index contributed by atoms with van der Waals surface area (Å²) in [5.74, 6) is 0.908. The molecule has 0 saturated carbocycles. The molecule has 0 fully saturated rings. The van der Waals surface area contributed by atoms with Crippen molar-refractivity contribution in [3.8, 4) is 0 Å². The molecule has 88 valence electrons. The summed E-state index contributed by atoms with van der Waals surface area (Å²) in [6.45, 7) is 2.17. The van der Waals surface area contributed by atoms with E-state index >= 15 is 0 Å². The van der Waals surface area contributed by atoms with Crippen LogP contribution in [-0.2, 0) is 12.2 Å². The van der Waals surface area contributed by atoms with Crippen LogP contribution in [0.5, 0.6) is 0 Å². The monoisotopic (exact) mass is 244 g/mol. The van der Waals surface area contributed by atoms with Crippen molar-refractivity contribution in [1.29, 1.82) is 0 Å². The lowest BCUT2D eigenvalue weighted by Gasteiger charge is -2.04.